The molecule has 0 bridgehead atoms. The van der Waals surface area contributed by atoms with E-state index in [1.165, 1.54) is 13.2 Å². The van der Waals surface area contributed by atoms with E-state index < -0.39 is 16.3 Å². The molecule has 19 heavy (non-hydrogen) atoms. The van der Waals surface area contributed by atoms with Crippen molar-refractivity contribution in [1.82, 2.24) is 0 Å². The van der Waals surface area contributed by atoms with Gasteiger partial charge in [0.2, 0.25) is 0 Å². The molecule has 0 radical (unpaired) electrons. The molecular weight excluding hydrogens is 348 g/mol. The van der Waals surface area contributed by atoms with E-state index in [9.17, 15) is 19.6 Å². The summed E-state index contributed by atoms with van der Waals surface area (Å²) in [7, 11) is 1.28. The molecule has 0 aliphatic heterocycles. The standard InChI is InChI=1S/C7H5BrFNO3.C4H9O.K/c1-13-7-2-4(8)5(9)3-6(7)10(11)12;1-4(2,3)5;/h2-3H,1H3;1-3H3;/q;-1;+1. The first-order chi connectivity index (χ1) is 8.06. The molecule has 8 heteroatoms. The number of hydrogen-bond acceptors (Lipinski definition) is 4. The zero-order valence-corrected chi connectivity index (χ0v) is 16.2. The summed E-state index contributed by atoms with van der Waals surface area (Å²) in [5, 5.41) is 20.5. The molecule has 0 spiro atoms. The van der Waals surface area contributed by atoms with Crippen LogP contribution in [0.3, 0.4) is 0 Å². The molecule has 0 saturated heterocycles. The Balaban J connectivity index is 0. The van der Waals surface area contributed by atoms with Gasteiger partial charge in [-0.25, -0.2) is 4.39 Å². The van der Waals surface area contributed by atoms with Gasteiger partial charge in [0, 0.05) is 6.07 Å². The Morgan fingerprint density at radius 3 is 2.11 bits per heavy atom. The Labute approximate surface area is 162 Å². The largest absolute Gasteiger partial charge is 1.00 e. The predicted octanol–water partition coefficient (Wildman–Crippen LogP) is -0.346. The van der Waals surface area contributed by atoms with E-state index in [0.29, 0.717) is 0 Å². The van der Waals surface area contributed by atoms with Gasteiger partial charge in [-0.2, -0.15) is 0 Å². The van der Waals surface area contributed by atoms with Crippen LogP contribution in [-0.4, -0.2) is 17.6 Å². The molecule has 0 aliphatic rings. The summed E-state index contributed by atoms with van der Waals surface area (Å²) in [6.45, 7) is 4.90. The average molecular weight is 362 g/mol. The van der Waals surface area contributed by atoms with Crippen LogP contribution in [0.25, 0.3) is 0 Å². The van der Waals surface area contributed by atoms with Gasteiger partial charge in [-0.1, -0.05) is 20.8 Å². The second-order valence-electron chi connectivity index (χ2n) is 4.31. The van der Waals surface area contributed by atoms with Crippen molar-refractivity contribution in [2.45, 2.75) is 26.4 Å². The molecule has 0 heterocycles. The maximum Gasteiger partial charge on any atom is 1.00 e. The molecule has 1 rings (SSSR count). The summed E-state index contributed by atoms with van der Waals surface area (Å²) in [5.74, 6) is -0.661. The summed E-state index contributed by atoms with van der Waals surface area (Å²) in [6.07, 6.45) is 0. The zero-order valence-electron chi connectivity index (χ0n) is 11.5. The quantitative estimate of drug-likeness (QED) is 0.410. The van der Waals surface area contributed by atoms with Gasteiger partial charge in [-0.3, -0.25) is 10.1 Å². The molecule has 0 aromatic heterocycles. The third kappa shape index (κ3) is 9.89. The maximum atomic E-state index is 12.8. The third-order valence-electron chi connectivity index (χ3n) is 1.42. The molecular formula is C11H14BrFKNO4. The van der Waals surface area contributed by atoms with Crippen molar-refractivity contribution in [3.05, 3.63) is 32.5 Å². The van der Waals surface area contributed by atoms with E-state index in [1.54, 1.807) is 20.8 Å². The fourth-order valence-electron chi connectivity index (χ4n) is 0.824. The Hall–Kier alpha value is 0.426. The average Bonchev–Trinajstić information content (AvgIpc) is 2.18. The molecule has 0 N–H and O–H groups in total. The molecule has 0 saturated carbocycles. The van der Waals surface area contributed by atoms with Crippen molar-refractivity contribution in [3.8, 4) is 5.75 Å². The van der Waals surface area contributed by atoms with E-state index in [1.807, 2.05) is 0 Å². The van der Waals surface area contributed by atoms with Crippen LogP contribution >= 0.6 is 15.9 Å². The number of ether oxygens (including phenoxy) is 1. The van der Waals surface area contributed by atoms with E-state index in [2.05, 4.69) is 15.9 Å². The molecule has 1 aromatic carbocycles. The first-order valence-corrected chi connectivity index (χ1v) is 5.73. The summed E-state index contributed by atoms with van der Waals surface area (Å²) in [4.78, 5) is 9.69. The third-order valence-corrected chi connectivity index (χ3v) is 2.03. The first-order valence-electron chi connectivity index (χ1n) is 4.94. The van der Waals surface area contributed by atoms with Crippen LogP contribution in [0.4, 0.5) is 10.1 Å². The van der Waals surface area contributed by atoms with Crippen molar-refractivity contribution in [1.29, 1.82) is 0 Å². The summed E-state index contributed by atoms with van der Waals surface area (Å²) < 4.78 is 17.7. The monoisotopic (exact) mass is 361 g/mol. The number of nitro groups is 1. The van der Waals surface area contributed by atoms with Crippen LogP contribution in [0.1, 0.15) is 20.8 Å². The van der Waals surface area contributed by atoms with Crippen molar-refractivity contribution >= 4 is 21.6 Å². The minimum Gasteiger partial charge on any atom is -0.850 e. The first kappa shape index (κ1) is 21.7. The molecule has 0 unspecified atom stereocenters. The van der Waals surface area contributed by atoms with Crippen LogP contribution < -0.4 is 61.2 Å². The fraction of sp³-hybridized carbons (Fsp3) is 0.455. The van der Waals surface area contributed by atoms with E-state index >= 15 is 0 Å². The Morgan fingerprint density at radius 2 is 1.79 bits per heavy atom. The molecule has 102 valence electrons. The summed E-state index contributed by atoms with van der Waals surface area (Å²) in [5.41, 5.74) is -1.14. The zero-order chi connectivity index (χ0) is 14.5. The summed E-state index contributed by atoms with van der Waals surface area (Å²) in [6, 6.07) is 2.02. The topological polar surface area (TPSA) is 75.4 Å². The van der Waals surface area contributed by atoms with Crippen LogP contribution in [0, 0.1) is 15.9 Å². The molecule has 0 aliphatic carbocycles. The van der Waals surface area contributed by atoms with Gasteiger partial charge in [0.05, 0.1) is 22.6 Å². The predicted molar refractivity (Wildman–Crippen MR) is 67.1 cm³/mol. The van der Waals surface area contributed by atoms with Crippen molar-refractivity contribution < 1.29 is 70.5 Å². The smallest absolute Gasteiger partial charge is 0.850 e. The van der Waals surface area contributed by atoms with Gasteiger partial charge < -0.3 is 9.84 Å². The van der Waals surface area contributed by atoms with Gasteiger partial charge in [-0.15, -0.1) is 5.60 Å². The van der Waals surface area contributed by atoms with E-state index in [4.69, 9.17) is 4.74 Å². The summed E-state index contributed by atoms with van der Waals surface area (Å²) >= 11 is 2.89. The Morgan fingerprint density at radius 1 is 1.37 bits per heavy atom. The number of methoxy groups -OCH3 is 1. The minimum atomic E-state index is -0.750. The van der Waals surface area contributed by atoms with Gasteiger partial charge in [0.1, 0.15) is 5.82 Å². The Kier molecular flexibility index (Phi) is 10.7. The van der Waals surface area contributed by atoms with Gasteiger partial charge in [0.25, 0.3) is 0 Å². The SMILES string of the molecule is CC(C)(C)[O-].COc1cc(Br)c(F)cc1[N+](=O)[O-].[K+]. The minimum absolute atomic E-state index is 0. The number of rotatable bonds is 2. The normalized spacial score (nSPS) is 9.84. The van der Waals surface area contributed by atoms with Gasteiger partial charge in [0.15, 0.2) is 5.75 Å². The van der Waals surface area contributed by atoms with Crippen LogP contribution in [-0.2, 0) is 0 Å². The second kappa shape index (κ2) is 9.38. The van der Waals surface area contributed by atoms with Crippen molar-refractivity contribution in [3.63, 3.8) is 0 Å². The van der Waals surface area contributed by atoms with Crippen molar-refractivity contribution in [2.75, 3.05) is 7.11 Å². The van der Waals surface area contributed by atoms with Crippen molar-refractivity contribution in [2.24, 2.45) is 0 Å². The van der Waals surface area contributed by atoms with Crippen LogP contribution in [0.2, 0.25) is 0 Å². The molecule has 0 amide bonds. The van der Waals surface area contributed by atoms with Crippen LogP contribution in [0.5, 0.6) is 5.75 Å². The van der Waals surface area contributed by atoms with Gasteiger partial charge in [-0.05, 0) is 15.9 Å². The molecule has 0 atom stereocenters. The van der Waals surface area contributed by atoms with E-state index in [0.717, 1.165) is 6.07 Å². The number of benzene rings is 1. The number of halogens is 2. The Bertz CT molecular complexity index is 431. The maximum absolute atomic E-state index is 12.8. The number of nitrogens with zero attached hydrogens (tertiary/aromatic N) is 1. The molecule has 0 fully saturated rings. The van der Waals surface area contributed by atoms with Gasteiger partial charge >= 0.3 is 57.1 Å². The molecule has 5 nitrogen and oxygen atoms in total. The number of nitro benzene ring substituents is 1. The van der Waals surface area contributed by atoms with E-state index in [-0.39, 0.29) is 67.3 Å². The van der Waals surface area contributed by atoms with Crippen LogP contribution in [0.15, 0.2) is 16.6 Å². The second-order valence-corrected chi connectivity index (χ2v) is 5.16. The number of hydrogen-bond donors (Lipinski definition) is 0. The molecule has 1 aromatic rings. The fourth-order valence-corrected chi connectivity index (χ4v) is 1.15.